The van der Waals surface area contributed by atoms with Crippen molar-refractivity contribution in [3.05, 3.63) is 48.2 Å². The Hall–Kier alpha value is -1.81. The molecule has 4 nitrogen and oxygen atoms in total. The highest BCUT2D eigenvalue weighted by Gasteiger charge is 2.03. The van der Waals surface area contributed by atoms with Crippen LogP contribution in [-0.4, -0.2) is 11.5 Å². The molecule has 0 unspecified atom stereocenters. The lowest BCUT2D eigenvalue weighted by Gasteiger charge is -2.01. The average molecular weight is 218 g/mol. The summed E-state index contributed by atoms with van der Waals surface area (Å²) in [6.45, 7) is 0.917. The number of ether oxygens (including phenoxy) is 1. The van der Waals surface area contributed by atoms with Gasteiger partial charge in [0.1, 0.15) is 12.0 Å². The summed E-state index contributed by atoms with van der Waals surface area (Å²) in [4.78, 5) is 4.24. The number of nitrogens with zero attached hydrogens (tertiary/aromatic N) is 1. The summed E-state index contributed by atoms with van der Waals surface area (Å²) >= 11 is 0. The quantitative estimate of drug-likeness (QED) is 0.830. The summed E-state index contributed by atoms with van der Waals surface area (Å²) < 4.78 is 10.7. The molecular formula is C12H14N2O2. The second-order valence-electron chi connectivity index (χ2n) is 3.37. The van der Waals surface area contributed by atoms with E-state index in [0.717, 1.165) is 17.9 Å². The number of hydrogen-bond donors (Lipinski definition) is 1. The lowest BCUT2D eigenvalue weighted by molar-refractivity contribution is 0.263. The Kier molecular flexibility index (Phi) is 3.56. The molecule has 16 heavy (non-hydrogen) atoms. The van der Waals surface area contributed by atoms with E-state index in [4.69, 9.17) is 14.9 Å². The Balaban J connectivity index is 1.89. The molecule has 0 aliphatic carbocycles. The monoisotopic (exact) mass is 218 g/mol. The van der Waals surface area contributed by atoms with Gasteiger partial charge in [0.25, 0.3) is 0 Å². The van der Waals surface area contributed by atoms with Crippen molar-refractivity contribution < 1.29 is 9.15 Å². The summed E-state index contributed by atoms with van der Waals surface area (Å²) in [5.41, 5.74) is 6.29. The van der Waals surface area contributed by atoms with Crippen molar-refractivity contribution in [1.82, 2.24) is 4.98 Å². The van der Waals surface area contributed by atoms with E-state index in [1.54, 1.807) is 6.26 Å². The fourth-order valence-electron chi connectivity index (χ4n) is 1.34. The zero-order valence-electron chi connectivity index (χ0n) is 8.93. The molecule has 0 amide bonds. The van der Waals surface area contributed by atoms with Gasteiger partial charge in [0.15, 0.2) is 6.61 Å². The van der Waals surface area contributed by atoms with Crippen molar-refractivity contribution in [2.24, 2.45) is 5.73 Å². The van der Waals surface area contributed by atoms with Gasteiger partial charge < -0.3 is 14.9 Å². The van der Waals surface area contributed by atoms with Crippen LogP contribution in [0.1, 0.15) is 11.6 Å². The number of hydrogen-bond acceptors (Lipinski definition) is 4. The van der Waals surface area contributed by atoms with Gasteiger partial charge in [-0.3, -0.25) is 0 Å². The van der Waals surface area contributed by atoms with E-state index in [1.807, 2.05) is 30.3 Å². The molecule has 0 atom stereocenters. The van der Waals surface area contributed by atoms with Crippen molar-refractivity contribution in [2.45, 2.75) is 13.0 Å². The molecule has 0 radical (unpaired) electrons. The number of oxazole rings is 1. The van der Waals surface area contributed by atoms with Gasteiger partial charge in [-0.05, 0) is 18.7 Å². The van der Waals surface area contributed by atoms with Crippen molar-refractivity contribution in [2.75, 3.05) is 6.54 Å². The maximum absolute atomic E-state index is 5.50. The first kappa shape index (κ1) is 10.7. The minimum Gasteiger partial charge on any atom is -0.484 e. The maximum atomic E-state index is 5.50. The standard InChI is InChI=1S/C12H14N2O2/c13-7-6-10-8-16-12(14-10)9-15-11-4-2-1-3-5-11/h1-5,8H,6-7,9,13H2. The Morgan fingerprint density at radius 2 is 2.06 bits per heavy atom. The smallest absolute Gasteiger partial charge is 0.232 e. The molecule has 0 saturated carbocycles. The van der Waals surface area contributed by atoms with Gasteiger partial charge in [-0.1, -0.05) is 18.2 Å². The third kappa shape index (κ3) is 2.84. The summed E-state index contributed by atoms with van der Waals surface area (Å²) in [5.74, 6) is 1.38. The van der Waals surface area contributed by atoms with Crippen LogP contribution in [0.5, 0.6) is 5.75 Å². The molecule has 2 rings (SSSR count). The third-order valence-electron chi connectivity index (χ3n) is 2.11. The molecule has 1 aromatic carbocycles. The molecule has 0 fully saturated rings. The highest BCUT2D eigenvalue weighted by molar-refractivity contribution is 5.20. The maximum Gasteiger partial charge on any atom is 0.232 e. The molecule has 1 aromatic heterocycles. The number of benzene rings is 1. The van der Waals surface area contributed by atoms with E-state index in [1.165, 1.54) is 0 Å². The number of nitrogens with two attached hydrogens (primary N) is 1. The predicted molar refractivity (Wildman–Crippen MR) is 60.0 cm³/mol. The highest BCUT2D eigenvalue weighted by atomic mass is 16.5. The Morgan fingerprint density at radius 1 is 1.25 bits per heavy atom. The molecule has 0 spiro atoms. The van der Waals surface area contributed by atoms with Crippen LogP contribution in [0.3, 0.4) is 0 Å². The molecule has 0 bridgehead atoms. The molecule has 4 heteroatoms. The summed E-state index contributed by atoms with van der Waals surface area (Å²) in [5, 5.41) is 0. The van der Waals surface area contributed by atoms with Crippen molar-refractivity contribution in [1.29, 1.82) is 0 Å². The van der Waals surface area contributed by atoms with Crippen LogP contribution in [0.25, 0.3) is 0 Å². The van der Waals surface area contributed by atoms with Crippen molar-refractivity contribution >= 4 is 0 Å². The first-order valence-electron chi connectivity index (χ1n) is 5.19. The van der Waals surface area contributed by atoms with Crippen molar-refractivity contribution in [3.63, 3.8) is 0 Å². The van der Waals surface area contributed by atoms with Gasteiger partial charge in [-0.25, -0.2) is 4.98 Å². The van der Waals surface area contributed by atoms with Gasteiger partial charge in [-0.15, -0.1) is 0 Å². The number of rotatable bonds is 5. The van der Waals surface area contributed by atoms with Gasteiger partial charge in [0, 0.05) is 6.42 Å². The summed E-state index contributed by atoms with van der Waals surface area (Å²) in [7, 11) is 0. The molecule has 84 valence electrons. The minimum absolute atomic E-state index is 0.342. The molecule has 0 aliphatic heterocycles. The lowest BCUT2D eigenvalue weighted by atomic mass is 10.3. The summed E-state index contributed by atoms with van der Waals surface area (Å²) in [6, 6.07) is 9.57. The highest BCUT2D eigenvalue weighted by Crippen LogP contribution is 2.11. The Labute approximate surface area is 94.1 Å². The first-order chi connectivity index (χ1) is 7.88. The summed E-state index contributed by atoms with van der Waals surface area (Å²) in [6.07, 6.45) is 2.35. The van der Waals surface area contributed by atoms with Crippen LogP contribution >= 0.6 is 0 Å². The van der Waals surface area contributed by atoms with Gasteiger partial charge >= 0.3 is 0 Å². The number of aromatic nitrogens is 1. The van der Waals surface area contributed by atoms with E-state index in [0.29, 0.717) is 19.0 Å². The topological polar surface area (TPSA) is 61.3 Å². The van der Waals surface area contributed by atoms with Crippen molar-refractivity contribution in [3.8, 4) is 5.75 Å². The predicted octanol–water partition coefficient (Wildman–Crippen LogP) is 1.75. The second kappa shape index (κ2) is 5.32. The molecule has 0 saturated heterocycles. The van der Waals surface area contributed by atoms with E-state index < -0.39 is 0 Å². The van der Waals surface area contributed by atoms with Crippen LogP contribution < -0.4 is 10.5 Å². The zero-order valence-corrected chi connectivity index (χ0v) is 8.93. The number of para-hydroxylation sites is 1. The van der Waals surface area contributed by atoms with E-state index in [-0.39, 0.29) is 0 Å². The van der Waals surface area contributed by atoms with Crippen LogP contribution in [0.4, 0.5) is 0 Å². The van der Waals surface area contributed by atoms with Gasteiger partial charge in [-0.2, -0.15) is 0 Å². The van der Waals surface area contributed by atoms with E-state index in [2.05, 4.69) is 4.98 Å². The first-order valence-corrected chi connectivity index (χ1v) is 5.19. The van der Waals surface area contributed by atoms with Gasteiger partial charge in [0.2, 0.25) is 5.89 Å². The zero-order chi connectivity index (χ0) is 11.2. The SMILES string of the molecule is NCCc1coc(COc2ccccc2)n1. The molecule has 0 aliphatic rings. The van der Waals surface area contributed by atoms with E-state index >= 15 is 0 Å². The normalized spacial score (nSPS) is 10.3. The van der Waals surface area contributed by atoms with Gasteiger partial charge in [0.05, 0.1) is 5.69 Å². The van der Waals surface area contributed by atoms with Crippen LogP contribution in [0, 0.1) is 0 Å². The van der Waals surface area contributed by atoms with Crippen LogP contribution in [0.2, 0.25) is 0 Å². The second-order valence-corrected chi connectivity index (χ2v) is 3.37. The third-order valence-corrected chi connectivity index (χ3v) is 2.11. The molecule has 2 aromatic rings. The molecule has 2 N–H and O–H groups in total. The fourth-order valence-corrected chi connectivity index (χ4v) is 1.34. The van der Waals surface area contributed by atoms with Crippen LogP contribution in [-0.2, 0) is 13.0 Å². The molecule has 1 heterocycles. The largest absolute Gasteiger partial charge is 0.484 e. The van der Waals surface area contributed by atoms with E-state index in [9.17, 15) is 0 Å². The fraction of sp³-hybridized carbons (Fsp3) is 0.250. The lowest BCUT2D eigenvalue weighted by Crippen LogP contribution is -2.03. The van der Waals surface area contributed by atoms with Crippen LogP contribution in [0.15, 0.2) is 41.0 Å². The average Bonchev–Trinajstić information content (AvgIpc) is 2.76. The molecular weight excluding hydrogens is 204 g/mol. The Bertz CT molecular complexity index is 426. The Morgan fingerprint density at radius 3 is 2.81 bits per heavy atom. The minimum atomic E-state index is 0.342.